The minimum absolute atomic E-state index is 0.0651. The van der Waals surface area contributed by atoms with Gasteiger partial charge in [0.1, 0.15) is 4.90 Å². The third-order valence-electron chi connectivity index (χ3n) is 1.85. The highest BCUT2D eigenvalue weighted by molar-refractivity contribution is 7.89. The molecule has 1 rings (SSSR count). The zero-order valence-corrected chi connectivity index (χ0v) is 12.5. The average molecular weight is 340 g/mol. The number of hydrogen-bond acceptors (Lipinski definition) is 6. The van der Waals surface area contributed by atoms with Crippen LogP contribution < -0.4 is 10.5 Å². The maximum atomic E-state index is 11.7. The van der Waals surface area contributed by atoms with Gasteiger partial charge in [-0.2, -0.15) is 0 Å². The van der Waals surface area contributed by atoms with Gasteiger partial charge in [0.2, 0.25) is 10.0 Å². The van der Waals surface area contributed by atoms with Gasteiger partial charge in [-0.3, -0.25) is 14.9 Å². The van der Waals surface area contributed by atoms with Crippen molar-refractivity contribution in [1.82, 2.24) is 4.72 Å². The van der Waals surface area contributed by atoms with Gasteiger partial charge in [0, 0.05) is 32.1 Å². The van der Waals surface area contributed by atoms with E-state index in [1.807, 2.05) is 0 Å². The average Bonchev–Trinajstić information content (AvgIpc) is 2.35. The van der Waals surface area contributed by atoms with Gasteiger partial charge in [-0.15, -0.1) is 0 Å². The Hall–Kier alpha value is -1.75. The molecule has 0 aliphatic rings. The van der Waals surface area contributed by atoms with E-state index in [1.165, 1.54) is 0 Å². The molecule has 0 heterocycles. The summed E-state index contributed by atoms with van der Waals surface area (Å²) in [5, 5.41) is 17.7. The lowest BCUT2D eigenvalue weighted by molar-refractivity contribution is -0.384. The molecule has 0 spiro atoms. The predicted molar refractivity (Wildman–Crippen MR) is 75.7 cm³/mol. The molecule has 0 radical (unpaired) electrons. The van der Waals surface area contributed by atoms with Gasteiger partial charge in [0.05, 0.1) is 9.95 Å². The smallest absolute Gasteiger partial charge is 0.300 e. The highest BCUT2D eigenvalue weighted by Gasteiger charge is 2.19. The lowest BCUT2D eigenvalue weighted by Crippen LogP contribution is -2.29. The van der Waals surface area contributed by atoms with E-state index < -0.39 is 20.9 Å². The molecule has 0 aliphatic heterocycles. The Morgan fingerprint density at radius 2 is 2.05 bits per heavy atom. The molecule has 0 bridgehead atoms. The molecular weight excluding hydrogens is 326 g/mol. The summed E-state index contributed by atoms with van der Waals surface area (Å²) < 4.78 is 25.6. The Morgan fingerprint density at radius 3 is 2.43 bits per heavy atom. The molecule has 118 valence electrons. The van der Waals surface area contributed by atoms with Crippen molar-refractivity contribution in [2.24, 2.45) is 5.73 Å². The summed E-state index contributed by atoms with van der Waals surface area (Å²) in [7, 11) is -3.78. The van der Waals surface area contributed by atoms with Crippen LogP contribution in [0.3, 0.4) is 0 Å². The Labute approximate surface area is 125 Å². The molecule has 0 unspecified atom stereocenters. The number of halogens is 1. The molecule has 0 aliphatic carbocycles. The van der Waals surface area contributed by atoms with Crippen molar-refractivity contribution in [3.05, 3.63) is 33.3 Å². The van der Waals surface area contributed by atoms with E-state index in [1.54, 1.807) is 0 Å². The first-order valence-electron chi connectivity index (χ1n) is 5.45. The Bertz CT molecular complexity index is 615. The number of non-ortho nitro benzene ring substituents is 1. The van der Waals surface area contributed by atoms with E-state index in [0.717, 1.165) is 25.1 Å². The molecule has 0 fully saturated rings. The van der Waals surface area contributed by atoms with Gasteiger partial charge in [-0.25, -0.2) is 13.1 Å². The summed E-state index contributed by atoms with van der Waals surface area (Å²) in [6.07, 6.45) is 0. The van der Waals surface area contributed by atoms with E-state index in [9.17, 15) is 18.5 Å². The maximum Gasteiger partial charge on any atom is 0.300 e. The number of nitro benzene ring substituents is 1. The molecule has 0 aromatic heterocycles. The second-order valence-corrected chi connectivity index (χ2v) is 5.72. The number of carboxylic acids is 1. The van der Waals surface area contributed by atoms with Crippen LogP contribution in [0.2, 0.25) is 5.02 Å². The maximum absolute atomic E-state index is 11.7. The van der Waals surface area contributed by atoms with Gasteiger partial charge in [-0.1, -0.05) is 11.6 Å². The number of benzene rings is 1. The van der Waals surface area contributed by atoms with Crippen molar-refractivity contribution in [1.29, 1.82) is 0 Å². The van der Waals surface area contributed by atoms with Crippen molar-refractivity contribution in [2.45, 2.75) is 11.8 Å². The first-order chi connectivity index (χ1) is 9.61. The number of aliphatic carboxylic acids is 1. The molecule has 9 nitrogen and oxygen atoms in total. The van der Waals surface area contributed by atoms with E-state index in [0.29, 0.717) is 0 Å². The number of carboxylic acid groups (broad SMARTS) is 1. The predicted octanol–water partition coefficient (Wildman–Crippen LogP) is 0.576. The first-order valence-corrected chi connectivity index (χ1v) is 7.31. The first kappa shape index (κ1) is 19.2. The monoisotopic (exact) mass is 339 g/mol. The zero-order chi connectivity index (χ0) is 16.6. The fourth-order valence-electron chi connectivity index (χ4n) is 1.09. The molecular formula is C10H14ClN3O6S. The minimum atomic E-state index is -3.78. The summed E-state index contributed by atoms with van der Waals surface area (Å²) in [5.41, 5.74) is 4.90. The number of nitrogens with zero attached hydrogens (tertiary/aromatic N) is 1. The number of sulfonamides is 1. The zero-order valence-electron chi connectivity index (χ0n) is 10.9. The SMILES string of the molecule is CC(=O)O.NCCNS(=O)(=O)c1ccc([N+](=O)[O-])cc1Cl. The standard InChI is InChI=1S/C8H10ClN3O4S.C2H4O2/c9-7-5-6(12(13)14)1-2-8(7)17(15,16)11-4-3-10;1-2(3)4/h1-2,5,11H,3-4,10H2;1H3,(H,3,4). The van der Waals surface area contributed by atoms with Crippen LogP contribution in [-0.4, -0.2) is 37.5 Å². The lowest BCUT2D eigenvalue weighted by Gasteiger charge is -2.06. The highest BCUT2D eigenvalue weighted by Crippen LogP contribution is 2.25. The largest absolute Gasteiger partial charge is 0.481 e. The normalized spacial score (nSPS) is 10.4. The second-order valence-electron chi connectivity index (χ2n) is 3.58. The highest BCUT2D eigenvalue weighted by atomic mass is 35.5. The molecule has 21 heavy (non-hydrogen) atoms. The van der Waals surface area contributed by atoms with Crippen LogP contribution in [0, 0.1) is 10.1 Å². The van der Waals surface area contributed by atoms with Crippen LogP contribution in [0.5, 0.6) is 0 Å². The van der Waals surface area contributed by atoms with Crippen LogP contribution in [-0.2, 0) is 14.8 Å². The van der Waals surface area contributed by atoms with Gasteiger partial charge >= 0.3 is 0 Å². The van der Waals surface area contributed by atoms with Crippen LogP contribution in [0.4, 0.5) is 5.69 Å². The molecule has 11 heteroatoms. The number of rotatable bonds is 5. The van der Waals surface area contributed by atoms with Crippen molar-refractivity contribution >= 4 is 33.3 Å². The summed E-state index contributed by atoms with van der Waals surface area (Å²) in [6, 6.07) is 3.14. The van der Waals surface area contributed by atoms with E-state index in [-0.39, 0.29) is 28.7 Å². The third-order valence-corrected chi connectivity index (χ3v) is 3.80. The van der Waals surface area contributed by atoms with Gasteiger partial charge < -0.3 is 10.8 Å². The minimum Gasteiger partial charge on any atom is -0.481 e. The molecule has 0 saturated carbocycles. The molecule has 1 aromatic rings. The van der Waals surface area contributed by atoms with E-state index in [2.05, 4.69) is 4.72 Å². The van der Waals surface area contributed by atoms with Crippen LogP contribution in [0.1, 0.15) is 6.92 Å². The Balaban J connectivity index is 0.000000885. The van der Waals surface area contributed by atoms with Crippen molar-refractivity contribution in [3.8, 4) is 0 Å². The second kappa shape index (κ2) is 8.52. The van der Waals surface area contributed by atoms with Gasteiger partial charge in [0.25, 0.3) is 11.7 Å². The van der Waals surface area contributed by atoms with Crippen LogP contribution in [0.25, 0.3) is 0 Å². The van der Waals surface area contributed by atoms with Crippen molar-refractivity contribution in [2.75, 3.05) is 13.1 Å². The summed E-state index contributed by atoms with van der Waals surface area (Å²) in [5.74, 6) is -0.833. The number of hydrogen-bond donors (Lipinski definition) is 3. The molecule has 0 atom stereocenters. The Morgan fingerprint density at radius 1 is 1.52 bits per heavy atom. The number of carbonyl (C=O) groups is 1. The fraction of sp³-hybridized carbons (Fsp3) is 0.300. The van der Waals surface area contributed by atoms with Crippen LogP contribution >= 0.6 is 11.6 Å². The summed E-state index contributed by atoms with van der Waals surface area (Å²) in [4.78, 5) is 18.6. The van der Waals surface area contributed by atoms with Crippen molar-refractivity contribution in [3.63, 3.8) is 0 Å². The molecule has 1 aromatic carbocycles. The summed E-state index contributed by atoms with van der Waals surface area (Å²) in [6.45, 7) is 1.29. The quantitative estimate of drug-likeness (QED) is 0.523. The number of nitrogens with one attached hydrogen (secondary N) is 1. The third kappa shape index (κ3) is 6.99. The van der Waals surface area contributed by atoms with E-state index in [4.69, 9.17) is 27.2 Å². The molecule has 4 N–H and O–H groups in total. The van der Waals surface area contributed by atoms with Gasteiger partial charge in [-0.05, 0) is 6.07 Å². The number of nitro groups is 1. The molecule has 0 amide bonds. The lowest BCUT2D eigenvalue weighted by atomic mass is 10.3. The Kier molecular flexibility index (Phi) is 7.81. The van der Waals surface area contributed by atoms with E-state index >= 15 is 0 Å². The van der Waals surface area contributed by atoms with Crippen molar-refractivity contribution < 1.29 is 23.2 Å². The van der Waals surface area contributed by atoms with Crippen LogP contribution in [0.15, 0.2) is 23.1 Å². The number of nitrogens with two attached hydrogens (primary N) is 1. The molecule has 0 saturated heterocycles. The van der Waals surface area contributed by atoms with Gasteiger partial charge in [0.15, 0.2) is 0 Å². The summed E-state index contributed by atoms with van der Waals surface area (Å²) >= 11 is 5.68. The topological polar surface area (TPSA) is 153 Å². The fourth-order valence-corrected chi connectivity index (χ4v) is 2.68.